The molecule has 0 N–H and O–H groups in total. The Hall–Kier alpha value is -3.39. The number of rotatable bonds is 18. The molecule has 3 rings (SSSR count). The highest BCUT2D eigenvalue weighted by atomic mass is 19.4. The third-order valence-corrected chi connectivity index (χ3v) is 6.98. The monoisotopic (exact) mass is 585 g/mol. The summed E-state index contributed by atoms with van der Waals surface area (Å²) in [4.78, 5) is 17.0. The van der Waals surface area contributed by atoms with Gasteiger partial charge in [-0.2, -0.15) is 13.2 Å². The van der Waals surface area contributed by atoms with Crippen molar-refractivity contribution < 1.29 is 32.2 Å². The number of hydrogen-bond acceptors (Lipinski definition) is 5. The van der Waals surface area contributed by atoms with Gasteiger partial charge >= 0.3 is 12.1 Å². The largest absolute Gasteiger partial charge is 0.494 e. The summed E-state index contributed by atoms with van der Waals surface area (Å²) >= 11 is 0. The number of nitrogens with zero attached hydrogens (tertiary/aromatic N) is 1. The molecule has 8 heteroatoms. The standard InChI is InChI=1S/C34H42F3NO4/c1-3-4-5-6-10-23-41-31-19-16-28(17-20-31)32-21-18-30(25-38-32)27-12-14-29(15-13-27)33(39)42-24-11-8-7-9-22-40-26(2)34(35,36)37/h12-21,25-26H,3-11,22-24H2,1-2H3. The predicted molar refractivity (Wildman–Crippen MR) is 160 cm³/mol. The molecule has 0 saturated carbocycles. The molecule has 5 nitrogen and oxygen atoms in total. The number of esters is 1. The van der Waals surface area contributed by atoms with Crippen LogP contribution in [0.1, 0.15) is 82.0 Å². The van der Waals surface area contributed by atoms with Crippen molar-refractivity contribution >= 4 is 5.97 Å². The van der Waals surface area contributed by atoms with E-state index in [4.69, 9.17) is 14.2 Å². The van der Waals surface area contributed by atoms with Crippen LogP contribution in [-0.2, 0) is 9.47 Å². The third kappa shape index (κ3) is 11.5. The first kappa shape index (κ1) is 33.1. The van der Waals surface area contributed by atoms with E-state index in [1.807, 2.05) is 54.7 Å². The maximum absolute atomic E-state index is 12.4. The number of pyridine rings is 1. The Morgan fingerprint density at radius 2 is 1.33 bits per heavy atom. The van der Waals surface area contributed by atoms with Crippen molar-refractivity contribution in [2.75, 3.05) is 19.8 Å². The summed E-state index contributed by atoms with van der Waals surface area (Å²) in [5, 5.41) is 0. The first-order chi connectivity index (χ1) is 20.3. The summed E-state index contributed by atoms with van der Waals surface area (Å²) in [5.74, 6) is 0.467. The molecule has 0 aliphatic carbocycles. The molecule has 228 valence electrons. The smallest absolute Gasteiger partial charge is 0.414 e. The van der Waals surface area contributed by atoms with Crippen molar-refractivity contribution in [3.63, 3.8) is 0 Å². The molecule has 0 spiro atoms. The van der Waals surface area contributed by atoms with Gasteiger partial charge in [0.1, 0.15) is 5.75 Å². The second-order valence-electron chi connectivity index (χ2n) is 10.4. The minimum absolute atomic E-state index is 0.0624. The summed E-state index contributed by atoms with van der Waals surface area (Å²) < 4.78 is 53.2. The Bertz CT molecular complexity index is 1180. The highest BCUT2D eigenvalue weighted by Gasteiger charge is 2.36. The average molecular weight is 586 g/mol. The van der Waals surface area contributed by atoms with Gasteiger partial charge in [-0.15, -0.1) is 0 Å². The highest BCUT2D eigenvalue weighted by Crippen LogP contribution is 2.25. The molecule has 1 unspecified atom stereocenters. The molecule has 0 radical (unpaired) electrons. The zero-order valence-electron chi connectivity index (χ0n) is 24.6. The van der Waals surface area contributed by atoms with Crippen LogP contribution < -0.4 is 4.74 Å². The van der Waals surface area contributed by atoms with Gasteiger partial charge in [-0.3, -0.25) is 4.98 Å². The van der Waals surface area contributed by atoms with Gasteiger partial charge in [0, 0.05) is 23.9 Å². The van der Waals surface area contributed by atoms with Crippen molar-refractivity contribution in [1.82, 2.24) is 4.98 Å². The average Bonchev–Trinajstić information content (AvgIpc) is 3.00. The normalized spacial score (nSPS) is 12.2. The molecular formula is C34H42F3NO4. The van der Waals surface area contributed by atoms with Gasteiger partial charge in [0.2, 0.25) is 0 Å². The highest BCUT2D eigenvalue weighted by molar-refractivity contribution is 5.90. The van der Waals surface area contributed by atoms with Gasteiger partial charge in [0.25, 0.3) is 0 Å². The molecule has 3 aromatic rings. The Labute approximate surface area is 247 Å². The van der Waals surface area contributed by atoms with E-state index in [2.05, 4.69) is 11.9 Å². The molecule has 42 heavy (non-hydrogen) atoms. The lowest BCUT2D eigenvalue weighted by molar-refractivity contribution is -0.214. The van der Waals surface area contributed by atoms with E-state index in [0.29, 0.717) is 24.8 Å². The zero-order valence-corrected chi connectivity index (χ0v) is 24.6. The fourth-order valence-corrected chi connectivity index (χ4v) is 4.31. The number of alkyl halides is 3. The van der Waals surface area contributed by atoms with Gasteiger partial charge < -0.3 is 14.2 Å². The molecule has 0 bridgehead atoms. The Morgan fingerprint density at radius 3 is 1.95 bits per heavy atom. The molecule has 0 aliphatic rings. The number of carbonyl (C=O) groups is 1. The van der Waals surface area contributed by atoms with Gasteiger partial charge in [-0.25, -0.2) is 4.79 Å². The van der Waals surface area contributed by atoms with Crippen LogP contribution in [0.2, 0.25) is 0 Å². The summed E-state index contributed by atoms with van der Waals surface area (Å²) in [6.45, 7) is 4.28. The van der Waals surface area contributed by atoms with Crippen molar-refractivity contribution in [2.45, 2.75) is 83.9 Å². The Balaban J connectivity index is 1.37. The summed E-state index contributed by atoms with van der Waals surface area (Å²) in [6, 6.07) is 19.2. The van der Waals surface area contributed by atoms with Gasteiger partial charge in [0.15, 0.2) is 6.10 Å². The van der Waals surface area contributed by atoms with Crippen LogP contribution in [0.25, 0.3) is 22.4 Å². The van der Waals surface area contributed by atoms with Crippen molar-refractivity contribution in [3.05, 3.63) is 72.4 Å². The summed E-state index contributed by atoms with van der Waals surface area (Å²) in [5.41, 5.74) is 4.22. The van der Waals surface area contributed by atoms with Crippen molar-refractivity contribution in [2.24, 2.45) is 0 Å². The molecule has 1 aromatic heterocycles. The summed E-state index contributed by atoms with van der Waals surface area (Å²) in [6.07, 6.45) is 4.43. The number of halogens is 3. The summed E-state index contributed by atoms with van der Waals surface area (Å²) in [7, 11) is 0. The number of unbranched alkanes of at least 4 members (excludes halogenated alkanes) is 7. The fraction of sp³-hybridized carbons (Fsp3) is 0.471. The number of hydrogen-bond donors (Lipinski definition) is 0. The van der Waals surface area contributed by atoms with Crippen LogP contribution in [0.5, 0.6) is 5.75 Å². The SMILES string of the molecule is CCCCCCCOc1ccc(-c2ccc(-c3ccc(C(=O)OCCCCCCOC(C)C(F)(F)F)cc3)cn2)cc1. The Kier molecular flexibility index (Phi) is 13.8. The minimum Gasteiger partial charge on any atom is -0.494 e. The van der Waals surface area contributed by atoms with Crippen LogP contribution in [0.4, 0.5) is 13.2 Å². The topological polar surface area (TPSA) is 57.7 Å². The number of carbonyl (C=O) groups excluding carboxylic acids is 1. The fourth-order valence-electron chi connectivity index (χ4n) is 4.31. The number of ether oxygens (including phenoxy) is 3. The van der Waals surface area contributed by atoms with Crippen LogP contribution in [0.15, 0.2) is 66.9 Å². The van der Waals surface area contributed by atoms with E-state index in [-0.39, 0.29) is 13.2 Å². The molecule has 0 saturated heterocycles. The van der Waals surface area contributed by atoms with E-state index in [0.717, 1.165) is 54.5 Å². The molecule has 0 aliphatic heterocycles. The van der Waals surface area contributed by atoms with E-state index in [1.54, 1.807) is 12.1 Å². The van der Waals surface area contributed by atoms with E-state index >= 15 is 0 Å². The lowest BCUT2D eigenvalue weighted by Crippen LogP contribution is -2.28. The maximum atomic E-state index is 12.4. The van der Waals surface area contributed by atoms with Crippen LogP contribution in [-0.4, -0.2) is 43.1 Å². The second-order valence-corrected chi connectivity index (χ2v) is 10.4. The lowest BCUT2D eigenvalue weighted by atomic mass is 10.0. The van der Waals surface area contributed by atoms with E-state index < -0.39 is 18.2 Å². The van der Waals surface area contributed by atoms with Crippen LogP contribution >= 0.6 is 0 Å². The molecule has 1 atom stereocenters. The molecule has 2 aromatic carbocycles. The van der Waals surface area contributed by atoms with E-state index in [1.165, 1.54) is 25.7 Å². The van der Waals surface area contributed by atoms with Crippen molar-refractivity contribution in [3.8, 4) is 28.1 Å². The quantitative estimate of drug-likeness (QED) is 0.110. The first-order valence-corrected chi connectivity index (χ1v) is 14.9. The van der Waals surface area contributed by atoms with Gasteiger partial charge in [-0.1, -0.05) is 57.2 Å². The second kappa shape index (κ2) is 17.5. The number of benzene rings is 2. The van der Waals surface area contributed by atoms with E-state index in [9.17, 15) is 18.0 Å². The molecule has 1 heterocycles. The van der Waals surface area contributed by atoms with Crippen molar-refractivity contribution in [1.29, 1.82) is 0 Å². The third-order valence-electron chi connectivity index (χ3n) is 6.98. The number of aromatic nitrogens is 1. The molecule has 0 fully saturated rings. The zero-order chi connectivity index (χ0) is 30.2. The predicted octanol–water partition coefficient (Wildman–Crippen LogP) is 9.45. The van der Waals surface area contributed by atoms with Crippen LogP contribution in [0, 0.1) is 0 Å². The van der Waals surface area contributed by atoms with Gasteiger partial charge in [0.05, 0.1) is 24.5 Å². The minimum atomic E-state index is -4.33. The first-order valence-electron chi connectivity index (χ1n) is 14.9. The lowest BCUT2D eigenvalue weighted by Gasteiger charge is -2.16. The Morgan fingerprint density at radius 1 is 0.738 bits per heavy atom. The van der Waals surface area contributed by atoms with Gasteiger partial charge in [-0.05, 0) is 80.6 Å². The molecule has 0 amide bonds. The van der Waals surface area contributed by atoms with Crippen LogP contribution in [0.3, 0.4) is 0 Å². The molecular weight excluding hydrogens is 543 g/mol. The maximum Gasteiger partial charge on any atom is 0.414 e.